The molecule has 0 aromatic heterocycles. The van der Waals surface area contributed by atoms with E-state index in [0.717, 1.165) is 6.04 Å². The van der Waals surface area contributed by atoms with Gasteiger partial charge in [-0.25, -0.2) is 0 Å². The predicted molar refractivity (Wildman–Crippen MR) is 88.7 cm³/mol. The second kappa shape index (κ2) is 7.92. The Morgan fingerprint density at radius 1 is 1.00 bits per heavy atom. The Balaban J connectivity index is 1.30. The summed E-state index contributed by atoms with van der Waals surface area (Å²) in [5, 5.41) is 3.61. The number of aryl methyl sites for hydroxylation is 1. The van der Waals surface area contributed by atoms with Crippen molar-refractivity contribution in [1.29, 1.82) is 0 Å². The Kier molecular flexibility index (Phi) is 5.67. The Labute approximate surface area is 129 Å². The average molecular weight is 287 g/mol. The summed E-state index contributed by atoms with van der Waals surface area (Å²) in [7, 11) is 0. The van der Waals surface area contributed by atoms with Crippen LogP contribution in [0.2, 0.25) is 0 Å². The molecule has 1 atom stereocenters. The summed E-state index contributed by atoms with van der Waals surface area (Å²) >= 11 is 0. The van der Waals surface area contributed by atoms with Crippen LogP contribution in [0.4, 0.5) is 0 Å². The van der Waals surface area contributed by atoms with Crippen LogP contribution in [0, 0.1) is 0 Å². The molecule has 2 fully saturated rings. The zero-order chi connectivity index (χ0) is 14.3. The molecule has 0 bridgehead atoms. The molecule has 2 saturated heterocycles. The predicted octanol–water partition coefficient (Wildman–Crippen LogP) is 1.99. The van der Waals surface area contributed by atoms with Crippen LogP contribution in [0.3, 0.4) is 0 Å². The molecule has 0 amide bonds. The second-order valence-corrected chi connectivity index (χ2v) is 6.52. The smallest absolute Gasteiger partial charge is 0.0195 e. The number of piperazine rings is 1. The first kappa shape index (κ1) is 15.0. The summed E-state index contributed by atoms with van der Waals surface area (Å²) in [4.78, 5) is 5.29. The van der Waals surface area contributed by atoms with E-state index in [1.807, 2.05) is 0 Å². The average Bonchev–Trinajstić information content (AvgIpc) is 3.03. The highest BCUT2D eigenvalue weighted by Crippen LogP contribution is 2.10. The van der Waals surface area contributed by atoms with Gasteiger partial charge < -0.3 is 10.2 Å². The van der Waals surface area contributed by atoms with Gasteiger partial charge in [0.15, 0.2) is 0 Å². The summed E-state index contributed by atoms with van der Waals surface area (Å²) in [5.41, 5.74) is 1.48. The molecule has 2 aliphatic heterocycles. The topological polar surface area (TPSA) is 18.5 Å². The first-order chi connectivity index (χ1) is 10.4. The van der Waals surface area contributed by atoms with Crippen LogP contribution in [-0.2, 0) is 6.42 Å². The van der Waals surface area contributed by atoms with Gasteiger partial charge in [-0.2, -0.15) is 0 Å². The Morgan fingerprint density at radius 3 is 2.48 bits per heavy atom. The lowest BCUT2D eigenvalue weighted by atomic mass is 10.1. The van der Waals surface area contributed by atoms with E-state index >= 15 is 0 Å². The van der Waals surface area contributed by atoms with Gasteiger partial charge in [-0.15, -0.1) is 0 Å². The van der Waals surface area contributed by atoms with Crippen molar-refractivity contribution in [3.05, 3.63) is 35.9 Å². The van der Waals surface area contributed by atoms with Crippen molar-refractivity contribution < 1.29 is 0 Å². The van der Waals surface area contributed by atoms with Gasteiger partial charge in [0.25, 0.3) is 0 Å². The fourth-order valence-corrected chi connectivity index (χ4v) is 3.57. The third kappa shape index (κ3) is 4.80. The van der Waals surface area contributed by atoms with Crippen LogP contribution in [0.5, 0.6) is 0 Å². The highest BCUT2D eigenvalue weighted by Gasteiger charge is 2.21. The van der Waals surface area contributed by atoms with Gasteiger partial charge in [-0.05, 0) is 44.3 Å². The van der Waals surface area contributed by atoms with Gasteiger partial charge in [0.05, 0.1) is 0 Å². The minimum atomic E-state index is 0.759. The van der Waals surface area contributed by atoms with Crippen LogP contribution in [0.15, 0.2) is 30.3 Å². The summed E-state index contributed by atoms with van der Waals surface area (Å²) in [5.74, 6) is 0. The third-order valence-electron chi connectivity index (χ3n) is 4.89. The molecule has 1 aromatic rings. The number of rotatable bonds is 6. The Morgan fingerprint density at radius 2 is 1.76 bits per heavy atom. The van der Waals surface area contributed by atoms with Gasteiger partial charge >= 0.3 is 0 Å². The van der Waals surface area contributed by atoms with Crippen molar-refractivity contribution >= 4 is 0 Å². The van der Waals surface area contributed by atoms with E-state index in [4.69, 9.17) is 0 Å². The van der Waals surface area contributed by atoms with E-state index in [9.17, 15) is 0 Å². The molecule has 2 heterocycles. The molecule has 3 heteroatoms. The quantitative estimate of drug-likeness (QED) is 0.863. The minimum Gasteiger partial charge on any atom is -0.313 e. The fourth-order valence-electron chi connectivity index (χ4n) is 3.57. The van der Waals surface area contributed by atoms with Crippen molar-refractivity contribution in [3.8, 4) is 0 Å². The van der Waals surface area contributed by atoms with Crippen LogP contribution in [0.1, 0.15) is 24.8 Å². The molecule has 3 rings (SSSR count). The lowest BCUT2D eigenvalue weighted by molar-refractivity contribution is 0.124. The standard InChI is InChI=1S/C18H29N3/c1-2-6-17(7-3-1)8-5-11-20-12-14-21(15-13-20)16-18-9-4-10-19-18/h1-3,6-7,18-19H,4-5,8-16H2/t18-/m0/s1. The zero-order valence-electron chi connectivity index (χ0n) is 13.1. The summed E-state index contributed by atoms with van der Waals surface area (Å²) in [6.45, 7) is 8.75. The largest absolute Gasteiger partial charge is 0.313 e. The molecule has 21 heavy (non-hydrogen) atoms. The summed E-state index contributed by atoms with van der Waals surface area (Å²) in [6.07, 6.45) is 5.24. The van der Waals surface area contributed by atoms with E-state index in [2.05, 4.69) is 45.4 Å². The molecule has 3 nitrogen and oxygen atoms in total. The van der Waals surface area contributed by atoms with Gasteiger partial charge in [-0.3, -0.25) is 4.90 Å². The van der Waals surface area contributed by atoms with Crippen molar-refractivity contribution in [1.82, 2.24) is 15.1 Å². The molecule has 2 aliphatic rings. The molecular weight excluding hydrogens is 258 g/mol. The van der Waals surface area contributed by atoms with E-state index in [1.54, 1.807) is 0 Å². The number of nitrogens with zero attached hydrogens (tertiary/aromatic N) is 2. The summed E-state index contributed by atoms with van der Waals surface area (Å²) < 4.78 is 0. The van der Waals surface area contributed by atoms with Crippen LogP contribution >= 0.6 is 0 Å². The first-order valence-corrected chi connectivity index (χ1v) is 8.62. The van der Waals surface area contributed by atoms with E-state index < -0.39 is 0 Å². The maximum Gasteiger partial charge on any atom is 0.0195 e. The molecule has 0 spiro atoms. The SMILES string of the molecule is c1ccc(CCCN2CCN(C[C@@H]3CCCN3)CC2)cc1. The van der Waals surface area contributed by atoms with Crippen LogP contribution in [0.25, 0.3) is 0 Å². The normalized spacial score (nSPS) is 24.5. The van der Waals surface area contributed by atoms with Crippen LogP contribution < -0.4 is 5.32 Å². The van der Waals surface area contributed by atoms with Crippen molar-refractivity contribution in [2.75, 3.05) is 45.8 Å². The Bertz CT molecular complexity index is 392. The molecule has 0 aliphatic carbocycles. The van der Waals surface area contributed by atoms with Crippen molar-refractivity contribution in [3.63, 3.8) is 0 Å². The Hall–Kier alpha value is -0.900. The number of hydrogen-bond acceptors (Lipinski definition) is 3. The van der Waals surface area contributed by atoms with Gasteiger partial charge in [0.1, 0.15) is 0 Å². The van der Waals surface area contributed by atoms with E-state index in [1.165, 1.54) is 77.1 Å². The van der Waals surface area contributed by atoms with Gasteiger partial charge in [0.2, 0.25) is 0 Å². The number of hydrogen-bond donors (Lipinski definition) is 1. The van der Waals surface area contributed by atoms with E-state index in [-0.39, 0.29) is 0 Å². The van der Waals surface area contributed by atoms with Crippen molar-refractivity contribution in [2.24, 2.45) is 0 Å². The maximum absolute atomic E-state index is 3.61. The van der Waals surface area contributed by atoms with Crippen molar-refractivity contribution in [2.45, 2.75) is 31.7 Å². The fraction of sp³-hybridized carbons (Fsp3) is 0.667. The molecule has 1 N–H and O–H groups in total. The highest BCUT2D eigenvalue weighted by atomic mass is 15.3. The molecule has 0 saturated carbocycles. The lowest BCUT2D eigenvalue weighted by Gasteiger charge is -2.36. The number of nitrogens with one attached hydrogen (secondary N) is 1. The molecule has 0 radical (unpaired) electrons. The number of benzene rings is 1. The van der Waals surface area contributed by atoms with Gasteiger partial charge in [-0.1, -0.05) is 30.3 Å². The van der Waals surface area contributed by atoms with Crippen LogP contribution in [-0.4, -0.2) is 61.7 Å². The molecule has 0 unspecified atom stereocenters. The lowest BCUT2D eigenvalue weighted by Crippen LogP contribution is -2.49. The summed E-state index contributed by atoms with van der Waals surface area (Å²) in [6, 6.07) is 11.6. The molecular formula is C18H29N3. The first-order valence-electron chi connectivity index (χ1n) is 8.62. The molecule has 1 aromatic carbocycles. The maximum atomic E-state index is 3.61. The monoisotopic (exact) mass is 287 g/mol. The minimum absolute atomic E-state index is 0.759. The zero-order valence-corrected chi connectivity index (χ0v) is 13.1. The second-order valence-electron chi connectivity index (χ2n) is 6.52. The third-order valence-corrected chi connectivity index (χ3v) is 4.89. The van der Waals surface area contributed by atoms with Gasteiger partial charge in [0, 0.05) is 38.8 Å². The van der Waals surface area contributed by atoms with E-state index in [0.29, 0.717) is 0 Å². The molecule has 116 valence electrons. The highest BCUT2D eigenvalue weighted by molar-refractivity contribution is 5.14.